The van der Waals surface area contributed by atoms with Gasteiger partial charge in [-0.2, -0.15) is 0 Å². The maximum absolute atomic E-state index is 11.9. The molecule has 0 amide bonds. The molecule has 0 atom stereocenters. The SMILES string of the molecule is Cc1ncc(N)cc1C(=O)OCc1cccc(O)c1. The molecule has 0 saturated carbocycles. The van der Waals surface area contributed by atoms with Crippen LogP contribution in [0.3, 0.4) is 0 Å². The van der Waals surface area contributed by atoms with Crippen LogP contribution in [0.2, 0.25) is 0 Å². The highest BCUT2D eigenvalue weighted by atomic mass is 16.5. The van der Waals surface area contributed by atoms with Gasteiger partial charge >= 0.3 is 5.97 Å². The molecule has 2 aromatic rings. The van der Waals surface area contributed by atoms with E-state index in [0.717, 1.165) is 0 Å². The number of anilines is 1. The van der Waals surface area contributed by atoms with E-state index in [1.165, 1.54) is 18.3 Å². The van der Waals surface area contributed by atoms with Gasteiger partial charge in [-0.1, -0.05) is 12.1 Å². The molecule has 0 aliphatic rings. The van der Waals surface area contributed by atoms with Crippen LogP contribution in [0.15, 0.2) is 36.5 Å². The van der Waals surface area contributed by atoms with Gasteiger partial charge in [0.2, 0.25) is 0 Å². The minimum absolute atomic E-state index is 0.0848. The summed E-state index contributed by atoms with van der Waals surface area (Å²) in [5.74, 6) is -0.351. The average Bonchev–Trinajstić information content (AvgIpc) is 2.39. The van der Waals surface area contributed by atoms with E-state index in [1.54, 1.807) is 25.1 Å². The average molecular weight is 258 g/mol. The largest absolute Gasteiger partial charge is 0.508 e. The first-order chi connectivity index (χ1) is 9.06. The van der Waals surface area contributed by atoms with Crippen molar-refractivity contribution in [3.05, 3.63) is 53.3 Å². The third-order valence-electron chi connectivity index (χ3n) is 2.61. The number of phenolic OH excluding ortho intramolecular Hbond substituents is 1. The Kier molecular flexibility index (Phi) is 3.66. The van der Waals surface area contributed by atoms with Gasteiger partial charge < -0.3 is 15.6 Å². The summed E-state index contributed by atoms with van der Waals surface area (Å²) in [4.78, 5) is 15.9. The number of benzene rings is 1. The topological polar surface area (TPSA) is 85.4 Å². The molecular formula is C14H14N2O3. The predicted octanol–water partition coefficient (Wildman–Crippen LogP) is 2.03. The highest BCUT2D eigenvalue weighted by Crippen LogP contribution is 2.14. The van der Waals surface area contributed by atoms with Crippen LogP contribution in [0.4, 0.5) is 5.69 Å². The van der Waals surface area contributed by atoms with E-state index >= 15 is 0 Å². The van der Waals surface area contributed by atoms with Gasteiger partial charge in [-0.25, -0.2) is 4.79 Å². The summed E-state index contributed by atoms with van der Waals surface area (Å²) in [6.07, 6.45) is 1.49. The van der Waals surface area contributed by atoms with E-state index in [9.17, 15) is 9.90 Å². The molecule has 0 unspecified atom stereocenters. The van der Waals surface area contributed by atoms with E-state index in [-0.39, 0.29) is 12.4 Å². The second-order valence-corrected chi connectivity index (χ2v) is 4.15. The molecule has 5 nitrogen and oxygen atoms in total. The molecular weight excluding hydrogens is 244 g/mol. The third kappa shape index (κ3) is 3.22. The van der Waals surface area contributed by atoms with Gasteiger partial charge in [0.1, 0.15) is 12.4 Å². The van der Waals surface area contributed by atoms with Gasteiger partial charge in [-0.05, 0) is 30.7 Å². The Morgan fingerprint density at radius 2 is 2.21 bits per heavy atom. The monoisotopic (exact) mass is 258 g/mol. The fourth-order valence-corrected chi connectivity index (χ4v) is 1.63. The normalized spacial score (nSPS) is 10.2. The number of hydrogen-bond acceptors (Lipinski definition) is 5. The van der Waals surface area contributed by atoms with E-state index < -0.39 is 5.97 Å². The number of phenols is 1. The molecule has 0 spiro atoms. The van der Waals surface area contributed by atoms with Gasteiger partial charge in [0.15, 0.2) is 0 Å². The number of carbonyl (C=O) groups excluding carboxylic acids is 1. The van der Waals surface area contributed by atoms with Gasteiger partial charge in [0.25, 0.3) is 0 Å². The molecule has 0 aliphatic carbocycles. The maximum Gasteiger partial charge on any atom is 0.340 e. The van der Waals surface area contributed by atoms with E-state index in [1.807, 2.05) is 0 Å². The number of aryl methyl sites for hydroxylation is 1. The lowest BCUT2D eigenvalue weighted by Crippen LogP contribution is -2.09. The molecule has 1 aromatic carbocycles. The van der Waals surface area contributed by atoms with E-state index in [0.29, 0.717) is 22.5 Å². The number of hydrogen-bond donors (Lipinski definition) is 2. The molecule has 1 heterocycles. The number of aromatic hydroxyl groups is 1. The fraction of sp³-hybridized carbons (Fsp3) is 0.143. The number of pyridine rings is 1. The van der Waals surface area contributed by atoms with Crippen LogP contribution >= 0.6 is 0 Å². The Morgan fingerprint density at radius 1 is 1.42 bits per heavy atom. The van der Waals surface area contributed by atoms with Crippen molar-refractivity contribution >= 4 is 11.7 Å². The Balaban J connectivity index is 2.07. The zero-order valence-corrected chi connectivity index (χ0v) is 10.5. The molecule has 1 aromatic heterocycles. The lowest BCUT2D eigenvalue weighted by atomic mass is 10.2. The molecule has 0 aliphatic heterocycles. The number of nitrogens with two attached hydrogens (primary N) is 1. The van der Waals surface area contributed by atoms with Crippen LogP contribution in [0.25, 0.3) is 0 Å². The van der Waals surface area contributed by atoms with E-state index in [4.69, 9.17) is 10.5 Å². The number of rotatable bonds is 3. The summed E-state index contributed by atoms with van der Waals surface area (Å²) in [5.41, 5.74) is 7.62. The van der Waals surface area contributed by atoms with Crippen LogP contribution in [-0.2, 0) is 11.3 Å². The van der Waals surface area contributed by atoms with Gasteiger partial charge in [-0.3, -0.25) is 4.98 Å². The summed E-state index contributed by atoms with van der Waals surface area (Å²) >= 11 is 0. The van der Waals surface area contributed by atoms with Crippen LogP contribution in [0.1, 0.15) is 21.6 Å². The molecule has 5 heteroatoms. The lowest BCUT2D eigenvalue weighted by Gasteiger charge is -2.07. The highest BCUT2D eigenvalue weighted by Gasteiger charge is 2.12. The van der Waals surface area contributed by atoms with Crippen molar-refractivity contribution in [3.8, 4) is 5.75 Å². The maximum atomic E-state index is 11.9. The Labute approximate surface area is 110 Å². The lowest BCUT2D eigenvalue weighted by molar-refractivity contribution is 0.0471. The van der Waals surface area contributed by atoms with Gasteiger partial charge in [0.05, 0.1) is 23.1 Å². The molecule has 0 bridgehead atoms. The number of ether oxygens (including phenoxy) is 1. The highest BCUT2D eigenvalue weighted by molar-refractivity contribution is 5.91. The molecule has 0 saturated heterocycles. The molecule has 98 valence electrons. The molecule has 3 N–H and O–H groups in total. The molecule has 0 radical (unpaired) electrons. The van der Waals surface area contributed by atoms with Crippen LogP contribution in [0, 0.1) is 6.92 Å². The van der Waals surface area contributed by atoms with Crippen molar-refractivity contribution in [1.29, 1.82) is 0 Å². The number of nitrogen functional groups attached to an aromatic ring is 1. The molecule has 0 fully saturated rings. The van der Waals surface area contributed by atoms with Crippen molar-refractivity contribution in [3.63, 3.8) is 0 Å². The van der Waals surface area contributed by atoms with Crippen LogP contribution in [-0.4, -0.2) is 16.1 Å². The van der Waals surface area contributed by atoms with Gasteiger partial charge in [-0.15, -0.1) is 0 Å². The van der Waals surface area contributed by atoms with Gasteiger partial charge in [0, 0.05) is 0 Å². The zero-order chi connectivity index (χ0) is 13.8. The number of esters is 1. The van der Waals surface area contributed by atoms with Crippen LogP contribution < -0.4 is 5.73 Å². The number of nitrogens with zero attached hydrogens (tertiary/aromatic N) is 1. The summed E-state index contributed by atoms with van der Waals surface area (Å²) in [6, 6.07) is 8.07. The summed E-state index contributed by atoms with van der Waals surface area (Å²) in [7, 11) is 0. The van der Waals surface area contributed by atoms with Crippen molar-refractivity contribution in [1.82, 2.24) is 4.98 Å². The molecule has 2 rings (SSSR count). The first kappa shape index (κ1) is 12.9. The second-order valence-electron chi connectivity index (χ2n) is 4.15. The molecule has 19 heavy (non-hydrogen) atoms. The summed E-state index contributed by atoms with van der Waals surface area (Å²) in [6.45, 7) is 1.80. The Morgan fingerprint density at radius 3 is 2.95 bits per heavy atom. The fourth-order valence-electron chi connectivity index (χ4n) is 1.63. The Bertz CT molecular complexity index is 611. The Hall–Kier alpha value is -2.56. The minimum Gasteiger partial charge on any atom is -0.508 e. The smallest absolute Gasteiger partial charge is 0.340 e. The zero-order valence-electron chi connectivity index (χ0n) is 10.5. The second kappa shape index (κ2) is 5.39. The summed E-state index contributed by atoms with van der Waals surface area (Å²) in [5, 5.41) is 9.31. The number of aromatic nitrogens is 1. The van der Waals surface area contributed by atoms with Crippen molar-refractivity contribution in [2.45, 2.75) is 13.5 Å². The standard InChI is InChI=1S/C14H14N2O3/c1-9-13(6-11(15)7-16-9)14(18)19-8-10-3-2-4-12(17)5-10/h2-7,17H,8,15H2,1H3. The predicted molar refractivity (Wildman–Crippen MR) is 70.6 cm³/mol. The van der Waals surface area contributed by atoms with E-state index in [2.05, 4.69) is 4.98 Å². The van der Waals surface area contributed by atoms with Crippen molar-refractivity contribution in [2.24, 2.45) is 0 Å². The van der Waals surface area contributed by atoms with Crippen molar-refractivity contribution < 1.29 is 14.6 Å². The van der Waals surface area contributed by atoms with Crippen LogP contribution in [0.5, 0.6) is 5.75 Å². The van der Waals surface area contributed by atoms with Crippen molar-refractivity contribution in [2.75, 3.05) is 5.73 Å². The summed E-state index contributed by atoms with van der Waals surface area (Å²) < 4.78 is 5.16. The first-order valence-corrected chi connectivity index (χ1v) is 5.73. The minimum atomic E-state index is -0.486. The number of carbonyl (C=O) groups is 1. The third-order valence-corrected chi connectivity index (χ3v) is 2.61. The first-order valence-electron chi connectivity index (χ1n) is 5.73. The quantitative estimate of drug-likeness (QED) is 0.823.